The number of benzene rings is 1. The summed E-state index contributed by atoms with van der Waals surface area (Å²) in [6.07, 6.45) is 6.50. The molecule has 6 nitrogen and oxygen atoms in total. The summed E-state index contributed by atoms with van der Waals surface area (Å²) in [7, 11) is 1.85. The molecule has 1 aliphatic carbocycles. The molecule has 6 heteroatoms. The van der Waals surface area contributed by atoms with Gasteiger partial charge in [0.25, 0.3) is 0 Å². The molecule has 1 saturated carbocycles. The smallest absolute Gasteiger partial charge is 0.338 e. The highest BCUT2D eigenvalue weighted by Gasteiger charge is 2.33. The Morgan fingerprint density at radius 3 is 2.52 bits per heavy atom. The minimum absolute atomic E-state index is 0.293. The summed E-state index contributed by atoms with van der Waals surface area (Å²) in [5, 5.41) is 8.72. The van der Waals surface area contributed by atoms with Crippen molar-refractivity contribution < 1.29 is 14.3 Å². The van der Waals surface area contributed by atoms with E-state index >= 15 is 0 Å². The van der Waals surface area contributed by atoms with Gasteiger partial charge in [0.2, 0.25) is 0 Å². The molecular formula is C21H29N3O3. The van der Waals surface area contributed by atoms with E-state index < -0.39 is 6.04 Å². The molecule has 0 spiro atoms. The average molecular weight is 371 g/mol. The van der Waals surface area contributed by atoms with Gasteiger partial charge in [-0.2, -0.15) is 0 Å². The van der Waals surface area contributed by atoms with Gasteiger partial charge in [0, 0.05) is 18.4 Å². The van der Waals surface area contributed by atoms with Crippen molar-refractivity contribution in [3.05, 3.63) is 41.1 Å². The lowest BCUT2D eigenvalue weighted by molar-refractivity contribution is -0.141. The highest BCUT2D eigenvalue weighted by atomic mass is 16.5. The van der Waals surface area contributed by atoms with Crippen LogP contribution in [0.15, 0.2) is 35.5 Å². The third-order valence-electron chi connectivity index (χ3n) is 5.43. The first-order valence-electron chi connectivity index (χ1n) is 9.87. The number of ether oxygens (including phenoxy) is 1. The summed E-state index contributed by atoms with van der Waals surface area (Å²) in [5.41, 5.74) is 2.97. The van der Waals surface area contributed by atoms with Crippen molar-refractivity contribution in [2.75, 3.05) is 19.0 Å². The van der Waals surface area contributed by atoms with Crippen molar-refractivity contribution in [1.29, 1.82) is 0 Å². The Bertz CT molecular complexity index is 706. The van der Waals surface area contributed by atoms with Crippen molar-refractivity contribution in [3.8, 4) is 0 Å². The van der Waals surface area contributed by atoms with Crippen LogP contribution in [0.5, 0.6) is 0 Å². The van der Waals surface area contributed by atoms with Gasteiger partial charge in [-0.25, -0.2) is 9.59 Å². The molecular weight excluding hydrogens is 342 g/mol. The summed E-state index contributed by atoms with van der Waals surface area (Å²) in [4.78, 5) is 25.0. The van der Waals surface area contributed by atoms with Gasteiger partial charge >= 0.3 is 12.0 Å². The van der Waals surface area contributed by atoms with Crippen molar-refractivity contribution in [2.24, 2.45) is 5.92 Å². The maximum atomic E-state index is 12.9. The van der Waals surface area contributed by atoms with Gasteiger partial charge < -0.3 is 20.7 Å². The number of amides is 2. The summed E-state index contributed by atoms with van der Waals surface area (Å²) >= 11 is 0. The number of esters is 1. The van der Waals surface area contributed by atoms with Gasteiger partial charge in [-0.1, -0.05) is 38.3 Å². The SMILES string of the molecule is CCC1=C(C(=O)OCC2CCCCC2)C(c2ccc(NC)cc2)NC(=O)N1. The molecule has 2 aliphatic rings. The zero-order chi connectivity index (χ0) is 19.2. The zero-order valence-corrected chi connectivity index (χ0v) is 16.1. The lowest BCUT2D eigenvalue weighted by Crippen LogP contribution is -2.46. The Labute approximate surface area is 160 Å². The van der Waals surface area contributed by atoms with Crippen LogP contribution >= 0.6 is 0 Å². The number of nitrogens with one attached hydrogen (secondary N) is 3. The Balaban J connectivity index is 1.81. The molecule has 2 amide bonds. The van der Waals surface area contributed by atoms with E-state index in [1.165, 1.54) is 19.3 Å². The van der Waals surface area contributed by atoms with Crippen molar-refractivity contribution >= 4 is 17.7 Å². The van der Waals surface area contributed by atoms with Gasteiger partial charge in [0.15, 0.2) is 0 Å². The lowest BCUT2D eigenvalue weighted by Gasteiger charge is -2.30. The predicted molar refractivity (Wildman–Crippen MR) is 105 cm³/mol. The zero-order valence-electron chi connectivity index (χ0n) is 16.1. The number of carbonyl (C=O) groups excluding carboxylic acids is 2. The molecule has 0 bridgehead atoms. The summed E-state index contributed by atoms with van der Waals surface area (Å²) in [6, 6.07) is 6.91. The predicted octanol–water partition coefficient (Wildman–Crippen LogP) is 3.87. The van der Waals surface area contributed by atoms with Gasteiger partial charge in [0.1, 0.15) is 0 Å². The standard InChI is InChI=1S/C21H29N3O3/c1-3-17-18(20(25)27-13-14-7-5-4-6-8-14)19(24-21(26)23-17)15-9-11-16(22-2)12-10-15/h9-12,14,19,22H,3-8,13H2,1-2H3,(H2,23,24,26). The van der Waals surface area contributed by atoms with E-state index in [1.54, 1.807) is 0 Å². The first kappa shape index (κ1) is 19.3. The quantitative estimate of drug-likeness (QED) is 0.663. The van der Waals surface area contributed by atoms with E-state index in [4.69, 9.17) is 4.74 Å². The van der Waals surface area contributed by atoms with Gasteiger partial charge in [-0.15, -0.1) is 0 Å². The Morgan fingerprint density at radius 1 is 1.19 bits per heavy atom. The number of hydrogen-bond acceptors (Lipinski definition) is 4. The van der Waals surface area contributed by atoms with Crippen LogP contribution in [0, 0.1) is 5.92 Å². The Kier molecular flexibility index (Phi) is 6.37. The topological polar surface area (TPSA) is 79.5 Å². The lowest BCUT2D eigenvalue weighted by atomic mass is 9.90. The van der Waals surface area contributed by atoms with Crippen molar-refractivity contribution in [2.45, 2.75) is 51.5 Å². The first-order chi connectivity index (χ1) is 13.1. The van der Waals surface area contributed by atoms with Crippen LogP contribution in [0.25, 0.3) is 0 Å². The Hall–Kier alpha value is -2.50. The number of allylic oxidation sites excluding steroid dienone is 1. The monoisotopic (exact) mass is 371 g/mol. The molecule has 1 atom stereocenters. The van der Waals surface area contributed by atoms with Gasteiger partial charge in [0.05, 0.1) is 18.2 Å². The molecule has 1 aromatic rings. The molecule has 0 saturated heterocycles. The van der Waals surface area contributed by atoms with Crippen molar-refractivity contribution in [3.63, 3.8) is 0 Å². The molecule has 1 unspecified atom stereocenters. The van der Waals surface area contributed by atoms with E-state index in [0.29, 0.717) is 30.2 Å². The molecule has 1 aliphatic heterocycles. The second-order valence-electron chi connectivity index (χ2n) is 7.25. The number of rotatable bonds is 6. The number of hydrogen-bond donors (Lipinski definition) is 3. The summed E-state index contributed by atoms with van der Waals surface area (Å²) in [5.74, 6) is 0.112. The van der Waals surface area contributed by atoms with E-state index in [0.717, 1.165) is 24.1 Å². The van der Waals surface area contributed by atoms with Gasteiger partial charge in [-0.3, -0.25) is 0 Å². The average Bonchev–Trinajstić information content (AvgIpc) is 2.72. The fourth-order valence-electron chi connectivity index (χ4n) is 3.86. The molecule has 27 heavy (non-hydrogen) atoms. The van der Waals surface area contributed by atoms with Crippen LogP contribution < -0.4 is 16.0 Å². The van der Waals surface area contributed by atoms with Crippen molar-refractivity contribution in [1.82, 2.24) is 10.6 Å². The van der Waals surface area contributed by atoms with Crippen LogP contribution in [-0.4, -0.2) is 25.7 Å². The third-order valence-corrected chi connectivity index (χ3v) is 5.43. The highest BCUT2D eigenvalue weighted by molar-refractivity contribution is 5.95. The maximum absolute atomic E-state index is 12.9. The fraction of sp³-hybridized carbons (Fsp3) is 0.524. The number of urea groups is 1. The molecule has 1 aromatic carbocycles. The summed E-state index contributed by atoms with van der Waals surface area (Å²) in [6.45, 7) is 2.38. The van der Waals surface area contributed by atoms with E-state index in [-0.39, 0.29) is 12.0 Å². The third kappa shape index (κ3) is 4.62. The molecule has 146 valence electrons. The van der Waals surface area contributed by atoms with Crippen LogP contribution in [0.1, 0.15) is 57.1 Å². The summed E-state index contributed by atoms with van der Waals surface area (Å²) < 4.78 is 5.68. The van der Waals surface area contributed by atoms with Crippen LogP contribution in [0.3, 0.4) is 0 Å². The normalized spacial score (nSPS) is 20.7. The second-order valence-corrected chi connectivity index (χ2v) is 7.25. The molecule has 1 heterocycles. The van der Waals surface area contributed by atoms with Crippen LogP contribution in [0.2, 0.25) is 0 Å². The Morgan fingerprint density at radius 2 is 1.89 bits per heavy atom. The van der Waals surface area contributed by atoms with Crippen LogP contribution in [0.4, 0.5) is 10.5 Å². The van der Waals surface area contributed by atoms with E-state index in [1.807, 2.05) is 38.2 Å². The minimum atomic E-state index is -0.501. The maximum Gasteiger partial charge on any atom is 0.338 e. The molecule has 0 aromatic heterocycles. The molecule has 0 radical (unpaired) electrons. The second kappa shape index (κ2) is 8.93. The largest absolute Gasteiger partial charge is 0.462 e. The molecule has 3 N–H and O–H groups in total. The molecule has 1 fully saturated rings. The van der Waals surface area contributed by atoms with E-state index in [2.05, 4.69) is 16.0 Å². The first-order valence-corrected chi connectivity index (χ1v) is 9.87. The molecule has 3 rings (SSSR count). The number of anilines is 1. The number of carbonyl (C=O) groups is 2. The van der Waals surface area contributed by atoms with Crippen LogP contribution in [-0.2, 0) is 9.53 Å². The minimum Gasteiger partial charge on any atom is -0.462 e. The fourth-order valence-corrected chi connectivity index (χ4v) is 3.86. The van der Waals surface area contributed by atoms with Gasteiger partial charge in [-0.05, 0) is 42.9 Å². The van der Waals surface area contributed by atoms with E-state index in [9.17, 15) is 9.59 Å². The highest BCUT2D eigenvalue weighted by Crippen LogP contribution is 2.30.